The smallest absolute Gasteiger partial charge is 0.194 e. The van der Waals surface area contributed by atoms with Crippen molar-refractivity contribution in [3.8, 4) is 0 Å². The molecular weight excluding hydrogens is 409 g/mol. The number of guanidine groups is 1. The molecule has 0 unspecified atom stereocenters. The molecule has 2 heterocycles. The Morgan fingerprint density at radius 1 is 1.45 bits per heavy atom. The number of hydrogen-bond donors (Lipinski definition) is 1. The Hall–Kier alpha value is -0.570. The van der Waals surface area contributed by atoms with E-state index < -0.39 is 0 Å². The summed E-state index contributed by atoms with van der Waals surface area (Å²) in [6.45, 7) is 8.22. The number of nitrogens with zero attached hydrogens (tertiary/aromatic N) is 4. The van der Waals surface area contributed by atoms with E-state index in [1.54, 1.807) is 11.3 Å². The number of anilines is 1. The van der Waals surface area contributed by atoms with E-state index in [1.807, 2.05) is 19.0 Å². The second kappa shape index (κ2) is 9.54. The van der Waals surface area contributed by atoms with Crippen molar-refractivity contribution in [2.45, 2.75) is 33.2 Å². The van der Waals surface area contributed by atoms with E-state index in [0.29, 0.717) is 6.54 Å². The number of hydrogen-bond acceptors (Lipinski definition) is 4. The van der Waals surface area contributed by atoms with Crippen LogP contribution in [0.4, 0.5) is 5.13 Å². The molecule has 0 amide bonds. The Bertz CT molecular complexity index is 466. The molecule has 22 heavy (non-hydrogen) atoms. The van der Waals surface area contributed by atoms with E-state index in [2.05, 4.69) is 34.4 Å². The fraction of sp³-hybridized carbons (Fsp3) is 0.733. The molecule has 0 radical (unpaired) electrons. The summed E-state index contributed by atoms with van der Waals surface area (Å²) in [5.41, 5.74) is 1.05. The van der Waals surface area contributed by atoms with Crippen LogP contribution >= 0.6 is 35.3 Å². The lowest BCUT2D eigenvalue weighted by Crippen LogP contribution is -2.45. The lowest BCUT2D eigenvalue weighted by molar-refractivity contribution is 0.273. The number of aromatic nitrogens is 1. The normalized spacial score (nSPS) is 16.4. The van der Waals surface area contributed by atoms with E-state index in [0.717, 1.165) is 42.3 Å². The second-order valence-electron chi connectivity index (χ2n) is 5.86. The van der Waals surface area contributed by atoms with Gasteiger partial charge < -0.3 is 15.1 Å². The molecule has 0 aromatic carbocycles. The zero-order valence-corrected chi connectivity index (χ0v) is 17.1. The predicted octanol–water partition coefficient (Wildman–Crippen LogP) is 3.02. The van der Waals surface area contributed by atoms with Gasteiger partial charge in [-0.05, 0) is 25.7 Å². The Labute approximate surface area is 155 Å². The van der Waals surface area contributed by atoms with Gasteiger partial charge in [-0.1, -0.05) is 6.92 Å². The highest BCUT2D eigenvalue weighted by molar-refractivity contribution is 14.0. The molecule has 0 aliphatic carbocycles. The van der Waals surface area contributed by atoms with Crippen LogP contribution < -0.4 is 10.2 Å². The van der Waals surface area contributed by atoms with Crippen LogP contribution in [0.15, 0.2) is 10.4 Å². The van der Waals surface area contributed by atoms with Crippen molar-refractivity contribution in [3.63, 3.8) is 0 Å². The Morgan fingerprint density at radius 3 is 2.68 bits per heavy atom. The minimum absolute atomic E-state index is 0. The summed E-state index contributed by atoms with van der Waals surface area (Å²) in [6, 6.07) is 0. The largest absolute Gasteiger partial charge is 0.357 e. The zero-order chi connectivity index (χ0) is 15.2. The van der Waals surface area contributed by atoms with E-state index in [-0.39, 0.29) is 24.0 Å². The average molecular weight is 437 g/mol. The fourth-order valence-electron chi connectivity index (χ4n) is 2.38. The maximum atomic E-state index is 4.76. The van der Waals surface area contributed by atoms with E-state index in [4.69, 9.17) is 4.99 Å². The van der Waals surface area contributed by atoms with Crippen LogP contribution in [0.3, 0.4) is 0 Å². The SMILES string of the molecule is CCNC(=NCc1csc(N(C)C)n1)N1CCC(C)CC1.I. The quantitative estimate of drug-likeness (QED) is 0.447. The summed E-state index contributed by atoms with van der Waals surface area (Å²) in [7, 11) is 4.04. The Balaban J connectivity index is 0.00000242. The van der Waals surface area contributed by atoms with Crippen LogP contribution in [0.1, 0.15) is 32.4 Å². The highest BCUT2D eigenvalue weighted by Gasteiger charge is 2.18. The average Bonchev–Trinajstić information content (AvgIpc) is 2.93. The molecule has 126 valence electrons. The first-order valence-electron chi connectivity index (χ1n) is 7.75. The van der Waals surface area contributed by atoms with Gasteiger partial charge in [0.2, 0.25) is 0 Å². The number of piperidine rings is 1. The third kappa shape index (κ3) is 5.57. The van der Waals surface area contributed by atoms with Crippen molar-refractivity contribution < 1.29 is 0 Å². The lowest BCUT2D eigenvalue weighted by Gasteiger charge is -2.32. The highest BCUT2D eigenvalue weighted by Crippen LogP contribution is 2.19. The maximum Gasteiger partial charge on any atom is 0.194 e. The van der Waals surface area contributed by atoms with Crippen LogP contribution in [0, 0.1) is 5.92 Å². The monoisotopic (exact) mass is 437 g/mol. The van der Waals surface area contributed by atoms with Crippen molar-refractivity contribution in [1.29, 1.82) is 0 Å². The molecule has 1 aromatic rings. The maximum absolute atomic E-state index is 4.76. The number of halogens is 1. The molecule has 1 aliphatic rings. The van der Waals surface area contributed by atoms with Gasteiger partial charge in [-0.3, -0.25) is 0 Å². The van der Waals surface area contributed by atoms with Crippen molar-refractivity contribution in [2.24, 2.45) is 10.9 Å². The number of aliphatic imine (C=N–C) groups is 1. The standard InChI is InChI=1S/C15H27N5S.HI/c1-5-16-14(20-8-6-12(2)7-9-20)17-10-13-11-21-15(18-13)19(3)4;/h11-12H,5-10H2,1-4H3,(H,16,17);1H. The number of thiazole rings is 1. The molecule has 1 saturated heterocycles. The Kier molecular flexibility index (Phi) is 8.45. The van der Waals surface area contributed by atoms with Crippen LogP contribution in [0.25, 0.3) is 0 Å². The van der Waals surface area contributed by atoms with Crippen LogP contribution in [0.5, 0.6) is 0 Å². The summed E-state index contributed by atoms with van der Waals surface area (Å²) >= 11 is 1.67. The fourth-order valence-corrected chi connectivity index (χ4v) is 3.13. The summed E-state index contributed by atoms with van der Waals surface area (Å²) in [5.74, 6) is 1.87. The second-order valence-corrected chi connectivity index (χ2v) is 6.69. The van der Waals surface area contributed by atoms with Gasteiger partial charge in [0.15, 0.2) is 11.1 Å². The van der Waals surface area contributed by atoms with E-state index in [9.17, 15) is 0 Å². The van der Waals surface area contributed by atoms with Gasteiger partial charge in [-0.25, -0.2) is 9.98 Å². The third-order valence-corrected chi connectivity index (χ3v) is 4.79. The summed E-state index contributed by atoms with van der Waals surface area (Å²) in [4.78, 5) is 13.8. The van der Waals surface area contributed by atoms with E-state index >= 15 is 0 Å². The van der Waals surface area contributed by atoms with Crippen LogP contribution in [0.2, 0.25) is 0 Å². The lowest BCUT2D eigenvalue weighted by atomic mass is 10.00. The molecule has 7 heteroatoms. The molecule has 0 bridgehead atoms. The highest BCUT2D eigenvalue weighted by atomic mass is 127. The van der Waals surface area contributed by atoms with Crippen molar-refractivity contribution >= 4 is 46.4 Å². The molecule has 1 aromatic heterocycles. The first kappa shape index (κ1) is 19.5. The van der Waals surface area contributed by atoms with Crippen LogP contribution in [-0.2, 0) is 6.54 Å². The predicted molar refractivity (Wildman–Crippen MR) is 107 cm³/mol. The summed E-state index contributed by atoms with van der Waals surface area (Å²) in [5, 5.41) is 6.54. The molecule has 0 spiro atoms. The van der Waals surface area contributed by atoms with Crippen molar-refractivity contribution in [1.82, 2.24) is 15.2 Å². The van der Waals surface area contributed by atoms with Gasteiger partial charge in [0.25, 0.3) is 0 Å². The van der Waals surface area contributed by atoms with Crippen molar-refractivity contribution in [3.05, 3.63) is 11.1 Å². The summed E-state index contributed by atoms with van der Waals surface area (Å²) < 4.78 is 0. The number of likely N-dealkylation sites (tertiary alicyclic amines) is 1. The molecule has 1 N–H and O–H groups in total. The zero-order valence-electron chi connectivity index (χ0n) is 14.0. The molecule has 2 rings (SSSR count). The van der Waals surface area contributed by atoms with Gasteiger partial charge in [0.1, 0.15) is 0 Å². The van der Waals surface area contributed by atoms with E-state index in [1.165, 1.54) is 12.8 Å². The van der Waals surface area contributed by atoms with Gasteiger partial charge in [0, 0.05) is 39.1 Å². The van der Waals surface area contributed by atoms with Crippen LogP contribution in [-0.4, -0.2) is 49.6 Å². The van der Waals surface area contributed by atoms with Gasteiger partial charge >= 0.3 is 0 Å². The Morgan fingerprint density at radius 2 is 2.14 bits per heavy atom. The van der Waals surface area contributed by atoms with Crippen molar-refractivity contribution in [2.75, 3.05) is 38.6 Å². The topological polar surface area (TPSA) is 43.8 Å². The minimum Gasteiger partial charge on any atom is -0.357 e. The summed E-state index contributed by atoms with van der Waals surface area (Å²) in [6.07, 6.45) is 2.51. The third-order valence-electron chi connectivity index (χ3n) is 3.73. The number of rotatable bonds is 4. The first-order valence-corrected chi connectivity index (χ1v) is 8.63. The number of nitrogens with one attached hydrogen (secondary N) is 1. The van der Waals surface area contributed by atoms with Gasteiger partial charge in [-0.15, -0.1) is 35.3 Å². The molecule has 1 aliphatic heterocycles. The molecule has 1 fully saturated rings. The molecule has 5 nitrogen and oxygen atoms in total. The minimum atomic E-state index is 0. The first-order chi connectivity index (χ1) is 10.1. The molecular formula is C15H28IN5S. The molecule has 0 atom stereocenters. The van der Waals surface area contributed by atoms with Gasteiger partial charge in [0.05, 0.1) is 12.2 Å². The van der Waals surface area contributed by atoms with Gasteiger partial charge in [-0.2, -0.15) is 0 Å². The molecule has 0 saturated carbocycles.